The monoisotopic (exact) mass is 235 g/mol. The number of aromatic amines is 1. The number of hydrogen-bond donors (Lipinski definition) is 0. The molecule has 1 atom stereocenters. The van der Waals surface area contributed by atoms with Gasteiger partial charge in [-0.15, -0.1) is 11.6 Å². The Hall–Kier alpha value is -0.270. The number of hydrogen-bond acceptors (Lipinski definition) is 0. The molecule has 14 heavy (non-hydrogen) atoms. The lowest BCUT2D eigenvalue weighted by molar-refractivity contribution is -0.377. The van der Waals surface area contributed by atoms with Crippen molar-refractivity contribution in [3.63, 3.8) is 0 Å². The van der Waals surface area contributed by atoms with Gasteiger partial charge in [-0.2, -0.15) is 0 Å². The summed E-state index contributed by atoms with van der Waals surface area (Å²) >= 11 is 5.48. The third-order valence-corrected chi connectivity index (χ3v) is 2.12. The Morgan fingerprint density at radius 1 is 1.21 bits per heavy atom. The van der Waals surface area contributed by atoms with E-state index in [1.807, 2.05) is 30.6 Å². The van der Waals surface area contributed by atoms with Crippen LogP contribution in [0.2, 0.25) is 0 Å². The summed E-state index contributed by atoms with van der Waals surface area (Å²) in [6.45, 7) is 4.42. The van der Waals surface area contributed by atoms with Gasteiger partial charge < -0.3 is 12.4 Å². The molecule has 0 aliphatic heterocycles. The van der Waals surface area contributed by atoms with Gasteiger partial charge in [-0.05, 0) is 12.3 Å². The summed E-state index contributed by atoms with van der Waals surface area (Å²) in [6, 6.07) is 5.86. The molecule has 1 heterocycles. The Balaban J connectivity index is 0. The van der Waals surface area contributed by atoms with E-state index in [9.17, 15) is 0 Å². The maximum atomic E-state index is 5.48. The fraction of sp³-hybridized carbons (Fsp3) is 0.545. The summed E-state index contributed by atoms with van der Waals surface area (Å²) in [7, 11) is 0. The van der Waals surface area contributed by atoms with Crippen LogP contribution in [0.4, 0.5) is 0 Å². The second-order valence-corrected chi connectivity index (χ2v) is 3.45. The molecule has 0 saturated heterocycles. The number of nitrogens with one attached hydrogen (secondary N) is 1. The van der Waals surface area contributed by atoms with Gasteiger partial charge in [0.15, 0.2) is 12.4 Å². The minimum Gasteiger partial charge on any atom is -1.00 e. The van der Waals surface area contributed by atoms with E-state index in [0.717, 1.165) is 18.2 Å². The fourth-order valence-corrected chi connectivity index (χ4v) is 1.10. The molecule has 0 radical (unpaired) electrons. The maximum Gasteiger partial charge on any atom is 0.166 e. The molecule has 1 N–H and O–H groups in total. The number of pyridine rings is 1. The Morgan fingerprint density at radius 3 is 1.93 bits per heavy atom. The van der Waals surface area contributed by atoms with Crippen LogP contribution in [-0.2, 0) is 0 Å². The first kappa shape index (κ1) is 16.2. The first-order valence-electron chi connectivity index (χ1n) is 4.78. The van der Waals surface area contributed by atoms with E-state index in [-0.39, 0.29) is 12.4 Å². The highest BCUT2D eigenvalue weighted by atomic mass is 35.5. The number of H-pyrrole nitrogens is 1. The van der Waals surface area contributed by atoms with Crippen LogP contribution in [0.5, 0.6) is 0 Å². The summed E-state index contributed by atoms with van der Waals surface area (Å²) < 4.78 is 0. The van der Waals surface area contributed by atoms with E-state index < -0.39 is 0 Å². The summed E-state index contributed by atoms with van der Waals surface area (Å²) in [5, 5.41) is 0. The zero-order valence-electron chi connectivity index (χ0n) is 8.84. The SMILES string of the molecule is CCC(C)CCCl.[Cl-].c1cc[nH+]cc1. The van der Waals surface area contributed by atoms with Crippen molar-refractivity contribution in [1.82, 2.24) is 0 Å². The highest BCUT2D eigenvalue weighted by molar-refractivity contribution is 6.17. The summed E-state index contributed by atoms with van der Waals surface area (Å²) in [6.07, 6.45) is 6.17. The van der Waals surface area contributed by atoms with Crippen LogP contribution in [0, 0.1) is 5.92 Å². The maximum absolute atomic E-state index is 5.48. The predicted octanol–water partition coefficient (Wildman–Crippen LogP) is 0.166. The third kappa shape index (κ3) is 11.7. The van der Waals surface area contributed by atoms with Gasteiger partial charge in [-0.25, -0.2) is 4.98 Å². The zero-order chi connectivity index (χ0) is 9.94. The molecular formula is C11H19Cl2N. The Morgan fingerprint density at radius 2 is 1.79 bits per heavy atom. The number of alkyl halides is 1. The average molecular weight is 236 g/mol. The van der Waals surface area contributed by atoms with Crippen LogP contribution in [-0.4, -0.2) is 5.88 Å². The highest BCUT2D eigenvalue weighted by Crippen LogP contribution is 2.05. The Labute approximate surface area is 98.3 Å². The second-order valence-electron chi connectivity index (χ2n) is 3.07. The number of rotatable bonds is 3. The number of aromatic nitrogens is 1. The molecule has 1 unspecified atom stereocenters. The average Bonchev–Trinajstić information content (AvgIpc) is 2.22. The van der Waals surface area contributed by atoms with Crippen molar-refractivity contribution in [3.05, 3.63) is 30.6 Å². The molecule has 1 aromatic rings. The molecule has 0 amide bonds. The van der Waals surface area contributed by atoms with E-state index in [4.69, 9.17) is 11.6 Å². The molecule has 1 rings (SSSR count). The molecular weight excluding hydrogens is 217 g/mol. The van der Waals surface area contributed by atoms with Gasteiger partial charge in [0.2, 0.25) is 0 Å². The van der Waals surface area contributed by atoms with E-state index in [2.05, 4.69) is 18.8 Å². The van der Waals surface area contributed by atoms with E-state index in [0.29, 0.717) is 0 Å². The topological polar surface area (TPSA) is 14.1 Å². The van der Waals surface area contributed by atoms with Crippen LogP contribution >= 0.6 is 11.6 Å². The fourth-order valence-electron chi connectivity index (χ4n) is 0.732. The molecule has 0 spiro atoms. The first-order chi connectivity index (χ1) is 6.31. The van der Waals surface area contributed by atoms with Crippen molar-refractivity contribution >= 4 is 11.6 Å². The van der Waals surface area contributed by atoms with Crippen molar-refractivity contribution < 1.29 is 17.4 Å². The van der Waals surface area contributed by atoms with Crippen molar-refractivity contribution in [2.75, 3.05) is 5.88 Å². The van der Waals surface area contributed by atoms with Gasteiger partial charge in [0.05, 0.1) is 0 Å². The molecule has 3 heteroatoms. The van der Waals surface area contributed by atoms with E-state index in [1.54, 1.807) is 0 Å². The predicted molar refractivity (Wildman–Crippen MR) is 57.8 cm³/mol. The normalized spacial score (nSPS) is 10.5. The van der Waals surface area contributed by atoms with E-state index >= 15 is 0 Å². The van der Waals surface area contributed by atoms with Crippen molar-refractivity contribution in [2.45, 2.75) is 26.7 Å². The summed E-state index contributed by atoms with van der Waals surface area (Å²) in [4.78, 5) is 2.89. The lowest BCUT2D eigenvalue weighted by Crippen LogP contribution is -3.00. The van der Waals surface area contributed by atoms with Crippen LogP contribution in [0.15, 0.2) is 30.6 Å². The molecule has 0 aliphatic rings. The van der Waals surface area contributed by atoms with Gasteiger partial charge in [0, 0.05) is 18.0 Å². The summed E-state index contributed by atoms with van der Waals surface area (Å²) in [5.41, 5.74) is 0. The van der Waals surface area contributed by atoms with Crippen LogP contribution in [0.25, 0.3) is 0 Å². The van der Waals surface area contributed by atoms with Crippen molar-refractivity contribution in [2.24, 2.45) is 5.92 Å². The summed E-state index contributed by atoms with van der Waals surface area (Å²) in [5.74, 6) is 1.63. The zero-order valence-corrected chi connectivity index (χ0v) is 10.4. The molecule has 0 bridgehead atoms. The second kappa shape index (κ2) is 12.7. The Kier molecular flexibility index (Phi) is 14.7. The minimum atomic E-state index is 0. The van der Waals surface area contributed by atoms with Gasteiger partial charge >= 0.3 is 0 Å². The van der Waals surface area contributed by atoms with Crippen LogP contribution < -0.4 is 17.4 Å². The van der Waals surface area contributed by atoms with E-state index in [1.165, 1.54) is 6.42 Å². The molecule has 0 saturated carbocycles. The standard InChI is InChI=1S/C6H13Cl.C5H5N.ClH/c1-3-6(2)4-5-7;1-2-4-6-5-3-1;/h6H,3-5H2,1-2H3;1-5H;1H. The molecule has 1 aromatic heterocycles. The first-order valence-corrected chi connectivity index (χ1v) is 5.31. The minimum absolute atomic E-state index is 0. The van der Waals surface area contributed by atoms with Gasteiger partial charge in [-0.3, -0.25) is 0 Å². The van der Waals surface area contributed by atoms with Crippen molar-refractivity contribution in [3.8, 4) is 0 Å². The quantitative estimate of drug-likeness (QED) is 0.664. The third-order valence-electron chi connectivity index (χ3n) is 1.91. The van der Waals surface area contributed by atoms with Crippen molar-refractivity contribution in [1.29, 1.82) is 0 Å². The molecule has 0 fully saturated rings. The van der Waals surface area contributed by atoms with Crippen LogP contribution in [0.3, 0.4) is 0 Å². The smallest absolute Gasteiger partial charge is 0.166 e. The van der Waals surface area contributed by atoms with Gasteiger partial charge in [0.1, 0.15) is 0 Å². The van der Waals surface area contributed by atoms with Crippen LogP contribution in [0.1, 0.15) is 26.7 Å². The highest BCUT2D eigenvalue weighted by Gasteiger charge is 1.93. The lowest BCUT2D eigenvalue weighted by atomic mass is 10.1. The molecule has 82 valence electrons. The lowest BCUT2D eigenvalue weighted by Gasteiger charge is -2.01. The van der Waals surface area contributed by atoms with Gasteiger partial charge in [-0.1, -0.05) is 26.3 Å². The molecule has 0 aromatic carbocycles. The molecule has 1 nitrogen and oxygen atoms in total. The number of halogens is 2. The molecule has 0 aliphatic carbocycles. The van der Waals surface area contributed by atoms with Gasteiger partial charge in [0.25, 0.3) is 0 Å². The largest absolute Gasteiger partial charge is 1.00 e. The Bertz CT molecular complexity index is 153.